The minimum absolute atomic E-state index is 0.101. The molecule has 1 N–H and O–H groups in total. The molecule has 33 heavy (non-hydrogen) atoms. The molecule has 0 fully saturated rings. The third-order valence-corrected chi connectivity index (χ3v) is 5.19. The van der Waals surface area contributed by atoms with Gasteiger partial charge in [0.2, 0.25) is 5.89 Å². The molecule has 0 aliphatic rings. The monoisotopic (exact) mass is 460 g/mol. The van der Waals surface area contributed by atoms with Gasteiger partial charge >= 0.3 is 6.18 Å². The zero-order valence-corrected chi connectivity index (χ0v) is 18.8. The average molecular weight is 460 g/mol. The smallest absolute Gasteiger partial charge is 0.455 e. The minimum Gasteiger partial charge on any atom is -0.497 e. The van der Waals surface area contributed by atoms with Crippen LogP contribution in [0.5, 0.6) is 5.75 Å². The summed E-state index contributed by atoms with van der Waals surface area (Å²) in [6.45, 7) is 7.59. The highest BCUT2D eigenvalue weighted by molar-refractivity contribution is 5.83. The van der Waals surface area contributed by atoms with Crippen LogP contribution in [0.4, 0.5) is 19.0 Å². The number of nitrogens with zero attached hydrogens (tertiary/aromatic N) is 5. The van der Waals surface area contributed by atoms with Crippen molar-refractivity contribution in [2.45, 2.75) is 46.3 Å². The van der Waals surface area contributed by atoms with Crippen LogP contribution in [0.1, 0.15) is 35.6 Å². The van der Waals surface area contributed by atoms with Crippen molar-refractivity contribution in [3.05, 3.63) is 52.9 Å². The maximum absolute atomic E-state index is 12.7. The van der Waals surface area contributed by atoms with Crippen LogP contribution in [0.25, 0.3) is 16.8 Å². The summed E-state index contributed by atoms with van der Waals surface area (Å²) in [5.41, 5.74) is 5.15. The van der Waals surface area contributed by atoms with Crippen LogP contribution in [0.2, 0.25) is 0 Å². The molecular weight excluding hydrogens is 437 g/mol. The summed E-state index contributed by atoms with van der Waals surface area (Å²) in [6.07, 6.45) is -4.54. The highest BCUT2D eigenvalue weighted by Crippen LogP contribution is 2.33. The van der Waals surface area contributed by atoms with Crippen LogP contribution < -0.4 is 10.1 Å². The van der Waals surface area contributed by atoms with Crippen LogP contribution in [0.15, 0.2) is 28.8 Å². The molecule has 8 nitrogen and oxygen atoms in total. The quantitative estimate of drug-likeness (QED) is 0.443. The van der Waals surface area contributed by atoms with Gasteiger partial charge in [0.05, 0.1) is 12.8 Å². The maximum Gasteiger partial charge on any atom is 0.455 e. The van der Waals surface area contributed by atoms with Crippen LogP contribution >= 0.6 is 0 Å². The van der Waals surface area contributed by atoms with Crippen LogP contribution in [0.3, 0.4) is 0 Å². The molecule has 0 amide bonds. The Bertz CT molecular complexity index is 1310. The first kappa shape index (κ1) is 22.6. The van der Waals surface area contributed by atoms with E-state index in [4.69, 9.17) is 14.2 Å². The van der Waals surface area contributed by atoms with E-state index in [1.807, 2.05) is 52.0 Å². The number of methoxy groups -OCH3 is 1. The van der Waals surface area contributed by atoms with E-state index in [-0.39, 0.29) is 18.4 Å². The molecule has 3 aromatic heterocycles. The number of alkyl halides is 3. The lowest BCUT2D eigenvalue weighted by Gasteiger charge is -2.15. The third-order valence-electron chi connectivity index (χ3n) is 5.19. The predicted molar refractivity (Wildman–Crippen MR) is 115 cm³/mol. The summed E-state index contributed by atoms with van der Waals surface area (Å²) in [5, 5.41) is 11.0. The van der Waals surface area contributed by atoms with Gasteiger partial charge in [-0.05, 0) is 51.0 Å². The highest BCUT2D eigenvalue weighted by atomic mass is 19.4. The Labute approximate surface area is 187 Å². The molecule has 0 aliphatic heterocycles. The van der Waals surface area contributed by atoms with Gasteiger partial charge in [-0.25, -0.2) is 4.98 Å². The fourth-order valence-electron chi connectivity index (χ4n) is 3.72. The van der Waals surface area contributed by atoms with E-state index in [9.17, 15) is 13.2 Å². The van der Waals surface area contributed by atoms with Crippen LogP contribution in [0, 0.1) is 20.8 Å². The number of halogens is 3. The molecule has 0 radical (unpaired) electrons. The summed E-state index contributed by atoms with van der Waals surface area (Å²) in [7, 11) is 1.62. The van der Waals surface area contributed by atoms with E-state index in [1.165, 1.54) is 0 Å². The zero-order chi connectivity index (χ0) is 23.9. The van der Waals surface area contributed by atoms with E-state index < -0.39 is 12.0 Å². The predicted octanol–water partition coefficient (Wildman–Crippen LogP) is 4.78. The fraction of sp³-hybridized carbons (Fsp3) is 0.364. The number of benzene rings is 1. The number of anilines is 1. The van der Waals surface area contributed by atoms with Gasteiger partial charge in [-0.3, -0.25) is 0 Å². The second-order valence-corrected chi connectivity index (χ2v) is 7.92. The normalized spacial score (nSPS) is 12.8. The largest absolute Gasteiger partial charge is 0.497 e. The van der Waals surface area contributed by atoms with Crippen molar-refractivity contribution < 1.29 is 22.4 Å². The van der Waals surface area contributed by atoms with E-state index in [2.05, 4.69) is 20.6 Å². The third kappa shape index (κ3) is 4.48. The van der Waals surface area contributed by atoms with Crippen molar-refractivity contribution >= 4 is 11.5 Å². The summed E-state index contributed by atoms with van der Waals surface area (Å²) >= 11 is 0. The van der Waals surface area contributed by atoms with Gasteiger partial charge in [-0.15, -0.1) is 0 Å². The molecule has 0 bridgehead atoms. The Hall–Kier alpha value is -3.63. The Morgan fingerprint density at radius 3 is 2.55 bits per heavy atom. The molecule has 11 heteroatoms. The van der Waals surface area contributed by atoms with Crippen molar-refractivity contribution in [1.82, 2.24) is 24.7 Å². The minimum atomic E-state index is -4.64. The number of hydrogen-bond donors (Lipinski definition) is 1. The Morgan fingerprint density at radius 1 is 1.15 bits per heavy atom. The molecule has 0 saturated carbocycles. The Balaban J connectivity index is 1.67. The number of rotatable bonds is 6. The van der Waals surface area contributed by atoms with E-state index in [1.54, 1.807) is 11.6 Å². The van der Waals surface area contributed by atoms with Crippen molar-refractivity contribution in [3.8, 4) is 16.9 Å². The number of aromatic nitrogens is 5. The molecule has 4 rings (SSSR count). The molecule has 0 saturated heterocycles. The Kier molecular flexibility index (Phi) is 5.73. The van der Waals surface area contributed by atoms with Gasteiger partial charge in [0.15, 0.2) is 5.65 Å². The number of hydrogen-bond acceptors (Lipinski definition) is 7. The van der Waals surface area contributed by atoms with Crippen LogP contribution in [-0.4, -0.2) is 37.9 Å². The molecular formula is C22H23F3N6O2. The highest BCUT2D eigenvalue weighted by Gasteiger charge is 2.37. The van der Waals surface area contributed by atoms with Crippen molar-refractivity contribution in [1.29, 1.82) is 0 Å². The molecule has 1 atom stereocenters. The van der Waals surface area contributed by atoms with Gasteiger partial charge in [-0.1, -0.05) is 11.2 Å². The van der Waals surface area contributed by atoms with Gasteiger partial charge < -0.3 is 14.6 Å². The van der Waals surface area contributed by atoms with E-state index >= 15 is 0 Å². The van der Waals surface area contributed by atoms with E-state index in [0.717, 1.165) is 33.8 Å². The first-order valence-electron chi connectivity index (χ1n) is 10.2. The first-order chi connectivity index (χ1) is 15.6. The number of aryl methyl sites for hydroxylation is 3. The maximum atomic E-state index is 12.7. The van der Waals surface area contributed by atoms with Crippen LogP contribution in [-0.2, 0) is 12.6 Å². The zero-order valence-electron chi connectivity index (χ0n) is 18.8. The molecule has 3 heterocycles. The lowest BCUT2D eigenvalue weighted by Crippen LogP contribution is -2.21. The second kappa shape index (κ2) is 8.38. The Morgan fingerprint density at radius 2 is 1.91 bits per heavy atom. The summed E-state index contributed by atoms with van der Waals surface area (Å²) in [6, 6.07) is 7.34. The molecule has 4 aromatic rings. The fourth-order valence-corrected chi connectivity index (χ4v) is 3.72. The van der Waals surface area contributed by atoms with Gasteiger partial charge in [0.25, 0.3) is 5.82 Å². The number of ether oxygens (including phenoxy) is 1. The van der Waals surface area contributed by atoms with Gasteiger partial charge in [0, 0.05) is 29.8 Å². The molecule has 0 aliphatic carbocycles. The topological polar surface area (TPSA) is 90.4 Å². The number of fused-ring (bicyclic) bond motifs is 1. The summed E-state index contributed by atoms with van der Waals surface area (Å²) in [5.74, 6) is 0.0334. The van der Waals surface area contributed by atoms with Gasteiger partial charge in [-0.2, -0.15) is 27.8 Å². The van der Waals surface area contributed by atoms with Crippen molar-refractivity contribution in [2.24, 2.45) is 0 Å². The van der Waals surface area contributed by atoms with Crippen molar-refractivity contribution in [3.63, 3.8) is 0 Å². The standard InChI is InChI=1S/C22H23F3N6O2/c1-11-8-15(32-5)6-7-16(11)19-14(4)29-31-17(9-12(2)27-20(19)31)26-13(3)10-18-28-21(30-33-18)22(23,24)25/h6-9,13,26H,10H2,1-5H3/t13-/m1/s1. The lowest BCUT2D eigenvalue weighted by molar-refractivity contribution is -0.146. The molecule has 1 aromatic carbocycles. The molecule has 174 valence electrons. The average Bonchev–Trinajstić information content (AvgIpc) is 3.32. The second-order valence-electron chi connectivity index (χ2n) is 7.92. The summed E-state index contributed by atoms with van der Waals surface area (Å²) < 4.78 is 50.0. The first-order valence-corrected chi connectivity index (χ1v) is 10.2. The summed E-state index contributed by atoms with van der Waals surface area (Å²) in [4.78, 5) is 8.14. The van der Waals surface area contributed by atoms with Crippen molar-refractivity contribution in [2.75, 3.05) is 12.4 Å². The van der Waals surface area contributed by atoms with Gasteiger partial charge in [0.1, 0.15) is 11.6 Å². The lowest BCUT2D eigenvalue weighted by atomic mass is 10.0. The van der Waals surface area contributed by atoms with E-state index in [0.29, 0.717) is 11.5 Å². The molecule has 0 spiro atoms. The number of nitrogens with one attached hydrogen (secondary N) is 1. The SMILES string of the molecule is COc1ccc(-c2c(C)nn3c(N[C@H](C)Cc4nc(C(F)(F)F)no4)cc(C)nc23)c(C)c1. The molecule has 0 unspecified atom stereocenters.